The summed E-state index contributed by atoms with van der Waals surface area (Å²) in [6.45, 7) is 0. The Hall–Kier alpha value is -1.85. The van der Waals surface area contributed by atoms with Crippen LogP contribution < -0.4 is 5.32 Å². The molecular formula is C14H20N4O2. The van der Waals surface area contributed by atoms with Crippen LogP contribution >= 0.6 is 0 Å². The molecule has 0 radical (unpaired) electrons. The van der Waals surface area contributed by atoms with Crippen LogP contribution in [0.5, 0.6) is 0 Å². The molecule has 0 spiro atoms. The number of imide groups is 1. The highest BCUT2D eigenvalue weighted by molar-refractivity contribution is 6.07. The average molecular weight is 276 g/mol. The van der Waals surface area contributed by atoms with Crippen molar-refractivity contribution in [3.05, 3.63) is 12.4 Å². The number of nitrogens with zero attached hydrogens (tertiary/aromatic N) is 3. The van der Waals surface area contributed by atoms with E-state index < -0.39 is 6.04 Å². The zero-order valence-electron chi connectivity index (χ0n) is 11.7. The number of amides is 2. The molecule has 0 bridgehead atoms. The second-order valence-electron chi connectivity index (χ2n) is 5.70. The molecule has 1 unspecified atom stereocenters. The molecule has 1 N–H and O–H groups in total. The first-order valence-corrected chi connectivity index (χ1v) is 7.26. The molecule has 20 heavy (non-hydrogen) atoms. The largest absolute Gasteiger partial charge is 0.371 e. The van der Waals surface area contributed by atoms with Crippen molar-refractivity contribution in [3.63, 3.8) is 0 Å². The first kappa shape index (κ1) is 13.1. The second kappa shape index (κ2) is 5.26. The normalized spacial score (nSPS) is 24.4. The highest BCUT2D eigenvalue weighted by Gasteiger charge is 2.42. The summed E-state index contributed by atoms with van der Waals surface area (Å²) in [4.78, 5) is 26.1. The van der Waals surface area contributed by atoms with Gasteiger partial charge in [-0.1, -0.05) is 19.3 Å². The van der Waals surface area contributed by atoms with Gasteiger partial charge in [-0.2, -0.15) is 5.10 Å². The van der Waals surface area contributed by atoms with Crippen molar-refractivity contribution in [2.75, 3.05) is 5.32 Å². The molecule has 2 aliphatic rings. The van der Waals surface area contributed by atoms with Gasteiger partial charge in [0.05, 0.1) is 18.3 Å². The number of hydrogen-bond acceptors (Lipinski definition) is 4. The lowest BCUT2D eigenvalue weighted by molar-refractivity contribution is -0.141. The molecule has 1 atom stereocenters. The molecule has 1 saturated heterocycles. The standard InChI is InChI=1S/C14H20N4O2/c1-17-9-10(8-15-17)16-12-7-13(19)18(14(12)20)11-5-3-2-4-6-11/h8-9,11-12,16H,2-7H2,1H3. The lowest BCUT2D eigenvalue weighted by Crippen LogP contribution is -2.43. The number of anilines is 1. The van der Waals surface area contributed by atoms with Gasteiger partial charge in [0, 0.05) is 19.3 Å². The summed E-state index contributed by atoms with van der Waals surface area (Å²) in [6, 6.07) is -0.321. The van der Waals surface area contributed by atoms with E-state index in [4.69, 9.17) is 0 Å². The zero-order valence-corrected chi connectivity index (χ0v) is 11.7. The highest BCUT2D eigenvalue weighted by atomic mass is 16.2. The molecule has 6 heteroatoms. The van der Waals surface area contributed by atoms with E-state index in [1.807, 2.05) is 7.05 Å². The van der Waals surface area contributed by atoms with E-state index in [9.17, 15) is 9.59 Å². The van der Waals surface area contributed by atoms with Crippen molar-refractivity contribution in [1.29, 1.82) is 0 Å². The quantitative estimate of drug-likeness (QED) is 0.845. The van der Waals surface area contributed by atoms with Gasteiger partial charge in [-0.3, -0.25) is 19.2 Å². The van der Waals surface area contributed by atoms with Gasteiger partial charge >= 0.3 is 0 Å². The van der Waals surface area contributed by atoms with Crippen molar-refractivity contribution in [3.8, 4) is 0 Å². The minimum Gasteiger partial charge on any atom is -0.371 e. The first-order valence-electron chi connectivity index (χ1n) is 7.26. The zero-order chi connectivity index (χ0) is 14.1. The molecule has 6 nitrogen and oxygen atoms in total. The van der Waals surface area contributed by atoms with E-state index in [0.29, 0.717) is 0 Å². The maximum Gasteiger partial charge on any atom is 0.252 e. The summed E-state index contributed by atoms with van der Waals surface area (Å²) in [5, 5.41) is 7.17. The summed E-state index contributed by atoms with van der Waals surface area (Å²) in [5.41, 5.74) is 0.782. The van der Waals surface area contributed by atoms with Crippen molar-refractivity contribution in [1.82, 2.24) is 14.7 Å². The van der Waals surface area contributed by atoms with Gasteiger partial charge in [0.15, 0.2) is 0 Å². The van der Waals surface area contributed by atoms with Crippen molar-refractivity contribution < 1.29 is 9.59 Å². The van der Waals surface area contributed by atoms with E-state index in [2.05, 4.69) is 10.4 Å². The van der Waals surface area contributed by atoms with Crippen LogP contribution in [-0.2, 0) is 16.6 Å². The highest BCUT2D eigenvalue weighted by Crippen LogP contribution is 2.28. The Labute approximate surface area is 118 Å². The molecule has 1 saturated carbocycles. The maximum absolute atomic E-state index is 12.4. The summed E-state index contributed by atoms with van der Waals surface area (Å²) in [6.07, 6.45) is 9.08. The Balaban J connectivity index is 1.69. The maximum atomic E-state index is 12.4. The summed E-state index contributed by atoms with van der Waals surface area (Å²) >= 11 is 0. The number of hydrogen-bond donors (Lipinski definition) is 1. The minimum atomic E-state index is -0.436. The van der Waals surface area contributed by atoms with Gasteiger partial charge in [-0.25, -0.2) is 0 Å². The van der Waals surface area contributed by atoms with E-state index in [-0.39, 0.29) is 24.3 Å². The van der Waals surface area contributed by atoms with Gasteiger partial charge in [-0.15, -0.1) is 0 Å². The second-order valence-corrected chi connectivity index (χ2v) is 5.70. The predicted molar refractivity (Wildman–Crippen MR) is 74.0 cm³/mol. The van der Waals surface area contributed by atoms with Crippen LogP contribution in [0.4, 0.5) is 5.69 Å². The fraction of sp³-hybridized carbons (Fsp3) is 0.643. The van der Waals surface area contributed by atoms with Crippen molar-refractivity contribution in [2.45, 2.75) is 50.6 Å². The number of carbonyl (C=O) groups excluding carboxylic acids is 2. The van der Waals surface area contributed by atoms with E-state index >= 15 is 0 Å². The fourth-order valence-electron chi connectivity index (χ4n) is 3.18. The molecular weight excluding hydrogens is 256 g/mol. The third-order valence-corrected chi connectivity index (χ3v) is 4.17. The topological polar surface area (TPSA) is 67.2 Å². The number of rotatable bonds is 3. The van der Waals surface area contributed by atoms with Crippen LogP contribution in [0.25, 0.3) is 0 Å². The third-order valence-electron chi connectivity index (χ3n) is 4.17. The molecule has 2 amide bonds. The minimum absolute atomic E-state index is 0.0386. The number of nitrogens with one attached hydrogen (secondary N) is 1. The predicted octanol–water partition coefficient (Wildman–Crippen LogP) is 1.29. The van der Waals surface area contributed by atoms with Crippen LogP contribution in [0.1, 0.15) is 38.5 Å². The SMILES string of the molecule is Cn1cc(NC2CC(=O)N(C3CCCCC3)C2=O)cn1. The summed E-state index contributed by atoms with van der Waals surface area (Å²) < 4.78 is 1.67. The number of aryl methyl sites for hydroxylation is 1. The van der Waals surface area contributed by atoms with E-state index in [1.54, 1.807) is 17.1 Å². The van der Waals surface area contributed by atoms with Crippen LogP contribution in [0, 0.1) is 0 Å². The Kier molecular flexibility index (Phi) is 3.46. The Bertz CT molecular complexity index is 519. The molecule has 3 rings (SSSR count). The van der Waals surface area contributed by atoms with Gasteiger partial charge in [-0.05, 0) is 12.8 Å². The molecule has 0 aromatic carbocycles. The first-order chi connectivity index (χ1) is 9.65. The van der Waals surface area contributed by atoms with Crippen molar-refractivity contribution >= 4 is 17.5 Å². The molecule has 1 aromatic rings. The number of aromatic nitrogens is 2. The Morgan fingerprint density at radius 2 is 2.00 bits per heavy atom. The molecule has 1 aliphatic carbocycles. The molecule has 2 fully saturated rings. The molecule has 2 heterocycles. The van der Waals surface area contributed by atoms with Gasteiger partial charge in [0.25, 0.3) is 5.91 Å². The number of likely N-dealkylation sites (tertiary alicyclic amines) is 1. The van der Waals surface area contributed by atoms with Crippen LogP contribution in [-0.4, -0.2) is 38.6 Å². The molecule has 1 aromatic heterocycles. The summed E-state index contributed by atoms with van der Waals surface area (Å²) in [7, 11) is 1.82. The molecule has 108 valence electrons. The van der Waals surface area contributed by atoms with E-state index in [0.717, 1.165) is 31.4 Å². The van der Waals surface area contributed by atoms with Crippen LogP contribution in [0.2, 0.25) is 0 Å². The van der Waals surface area contributed by atoms with Crippen molar-refractivity contribution in [2.24, 2.45) is 7.05 Å². The van der Waals surface area contributed by atoms with Crippen LogP contribution in [0.15, 0.2) is 12.4 Å². The lowest BCUT2D eigenvalue weighted by atomic mass is 9.94. The smallest absolute Gasteiger partial charge is 0.252 e. The van der Waals surface area contributed by atoms with E-state index in [1.165, 1.54) is 11.3 Å². The monoisotopic (exact) mass is 276 g/mol. The van der Waals surface area contributed by atoms with Gasteiger partial charge in [0.1, 0.15) is 6.04 Å². The lowest BCUT2D eigenvalue weighted by Gasteiger charge is -2.29. The summed E-state index contributed by atoms with van der Waals surface area (Å²) in [5.74, 6) is -0.117. The third kappa shape index (κ3) is 2.42. The average Bonchev–Trinajstić information content (AvgIpc) is 2.96. The van der Waals surface area contributed by atoms with Crippen LogP contribution in [0.3, 0.4) is 0 Å². The van der Waals surface area contributed by atoms with Gasteiger partial charge < -0.3 is 5.32 Å². The Morgan fingerprint density at radius 1 is 1.25 bits per heavy atom. The Morgan fingerprint density at radius 3 is 2.65 bits per heavy atom. The number of carbonyl (C=O) groups is 2. The fourth-order valence-corrected chi connectivity index (χ4v) is 3.18. The van der Waals surface area contributed by atoms with Gasteiger partial charge in [0.2, 0.25) is 5.91 Å². The molecule has 1 aliphatic heterocycles.